The fourth-order valence-corrected chi connectivity index (χ4v) is 4.18. The molecule has 0 aromatic carbocycles. The van der Waals surface area contributed by atoms with Crippen LogP contribution in [0.25, 0.3) is 0 Å². The van der Waals surface area contributed by atoms with Gasteiger partial charge in [-0.3, -0.25) is 14.8 Å². The minimum absolute atomic E-state index is 0. The summed E-state index contributed by atoms with van der Waals surface area (Å²) in [7, 11) is 1.76. The van der Waals surface area contributed by atoms with Gasteiger partial charge in [-0.1, -0.05) is 6.92 Å². The Morgan fingerprint density at radius 3 is 2.66 bits per heavy atom. The SMILES string of the molecule is CCN(CC1CCN(C(=NC)NCC(C)N2CCOCC2C)C1)CC(F)(F)F.I. The molecule has 2 heterocycles. The quantitative estimate of drug-likeness (QED) is 0.309. The van der Waals surface area contributed by atoms with Gasteiger partial charge in [0.05, 0.1) is 19.8 Å². The highest BCUT2D eigenvalue weighted by molar-refractivity contribution is 14.0. The molecule has 0 radical (unpaired) electrons. The van der Waals surface area contributed by atoms with Crippen molar-refractivity contribution in [1.82, 2.24) is 20.0 Å². The third kappa shape index (κ3) is 8.74. The molecule has 2 aliphatic rings. The van der Waals surface area contributed by atoms with Gasteiger partial charge in [-0.05, 0) is 32.7 Å². The summed E-state index contributed by atoms with van der Waals surface area (Å²) in [6.45, 7) is 11.0. The summed E-state index contributed by atoms with van der Waals surface area (Å²) in [5.41, 5.74) is 0. The van der Waals surface area contributed by atoms with Crippen LogP contribution in [-0.4, -0.2) is 105 Å². The minimum Gasteiger partial charge on any atom is -0.379 e. The number of likely N-dealkylation sites (tertiary alicyclic amines) is 1. The fraction of sp³-hybridized carbons (Fsp3) is 0.947. The molecule has 3 unspecified atom stereocenters. The van der Waals surface area contributed by atoms with E-state index in [1.54, 1.807) is 14.0 Å². The van der Waals surface area contributed by atoms with Crippen LogP contribution >= 0.6 is 24.0 Å². The number of aliphatic imine (C=N–C) groups is 1. The molecule has 0 spiro atoms. The number of nitrogens with one attached hydrogen (secondary N) is 1. The average Bonchev–Trinajstić information content (AvgIpc) is 3.09. The summed E-state index contributed by atoms with van der Waals surface area (Å²) in [5.74, 6) is 1.08. The Labute approximate surface area is 190 Å². The van der Waals surface area contributed by atoms with Crippen molar-refractivity contribution in [3.8, 4) is 0 Å². The van der Waals surface area contributed by atoms with Gasteiger partial charge in [0.1, 0.15) is 0 Å². The first-order chi connectivity index (χ1) is 13.2. The largest absolute Gasteiger partial charge is 0.401 e. The van der Waals surface area contributed by atoms with E-state index in [0.717, 1.165) is 51.8 Å². The second kappa shape index (κ2) is 12.5. The Morgan fingerprint density at radius 2 is 2.07 bits per heavy atom. The zero-order valence-electron chi connectivity index (χ0n) is 18.0. The number of rotatable bonds is 7. The average molecular weight is 535 g/mol. The Bertz CT molecular complexity index is 509. The lowest BCUT2D eigenvalue weighted by Crippen LogP contribution is -2.53. The molecule has 0 aromatic heterocycles. The molecule has 0 bridgehead atoms. The predicted molar refractivity (Wildman–Crippen MR) is 121 cm³/mol. The van der Waals surface area contributed by atoms with Crippen molar-refractivity contribution in [2.24, 2.45) is 10.9 Å². The number of hydrogen-bond acceptors (Lipinski definition) is 4. The predicted octanol–water partition coefficient (Wildman–Crippen LogP) is 2.50. The van der Waals surface area contributed by atoms with Gasteiger partial charge in [-0.25, -0.2) is 0 Å². The molecule has 29 heavy (non-hydrogen) atoms. The highest BCUT2D eigenvalue weighted by Crippen LogP contribution is 2.21. The second-order valence-corrected chi connectivity index (χ2v) is 7.98. The molecule has 2 saturated heterocycles. The van der Waals surface area contributed by atoms with Crippen LogP contribution in [0.3, 0.4) is 0 Å². The molecular formula is C19H37F3IN5O. The summed E-state index contributed by atoms with van der Waals surface area (Å²) >= 11 is 0. The van der Waals surface area contributed by atoms with Gasteiger partial charge >= 0.3 is 6.18 Å². The van der Waals surface area contributed by atoms with Gasteiger partial charge in [-0.2, -0.15) is 13.2 Å². The highest BCUT2D eigenvalue weighted by atomic mass is 127. The Morgan fingerprint density at radius 1 is 1.34 bits per heavy atom. The van der Waals surface area contributed by atoms with E-state index < -0.39 is 12.7 Å². The van der Waals surface area contributed by atoms with Crippen molar-refractivity contribution in [2.75, 3.05) is 66.1 Å². The molecule has 2 fully saturated rings. The second-order valence-electron chi connectivity index (χ2n) is 7.98. The number of halogens is 4. The number of nitrogens with zero attached hydrogens (tertiary/aromatic N) is 4. The molecule has 172 valence electrons. The maximum Gasteiger partial charge on any atom is 0.401 e. The smallest absolute Gasteiger partial charge is 0.379 e. The molecule has 3 atom stereocenters. The Hall–Kier alpha value is -0.330. The lowest BCUT2D eigenvalue weighted by Gasteiger charge is -2.38. The van der Waals surface area contributed by atoms with Crippen molar-refractivity contribution in [3.63, 3.8) is 0 Å². The highest BCUT2D eigenvalue weighted by Gasteiger charge is 2.33. The Kier molecular flexibility index (Phi) is 11.5. The fourth-order valence-electron chi connectivity index (χ4n) is 4.18. The number of alkyl halides is 3. The van der Waals surface area contributed by atoms with Gasteiger partial charge in [0.25, 0.3) is 0 Å². The topological polar surface area (TPSA) is 43.3 Å². The number of guanidine groups is 1. The van der Waals surface area contributed by atoms with Crippen LogP contribution in [0.5, 0.6) is 0 Å². The summed E-state index contributed by atoms with van der Waals surface area (Å²) in [6.07, 6.45) is -3.25. The van der Waals surface area contributed by atoms with E-state index in [2.05, 4.69) is 34.0 Å². The third-order valence-corrected chi connectivity index (χ3v) is 5.70. The van der Waals surface area contributed by atoms with Gasteiger partial charge in [0.15, 0.2) is 5.96 Å². The molecule has 2 aliphatic heterocycles. The maximum absolute atomic E-state index is 12.7. The van der Waals surface area contributed by atoms with Gasteiger partial charge < -0.3 is 15.0 Å². The normalized spacial score (nSPS) is 25.2. The molecular weight excluding hydrogens is 498 g/mol. The molecule has 2 rings (SSSR count). The zero-order chi connectivity index (χ0) is 20.7. The summed E-state index contributed by atoms with van der Waals surface area (Å²) in [5, 5.41) is 3.45. The van der Waals surface area contributed by atoms with Crippen LogP contribution in [0.4, 0.5) is 13.2 Å². The van der Waals surface area contributed by atoms with Gasteiger partial charge in [0.2, 0.25) is 0 Å². The number of hydrogen-bond donors (Lipinski definition) is 1. The molecule has 1 N–H and O–H groups in total. The summed E-state index contributed by atoms with van der Waals surface area (Å²) in [6, 6.07) is 0.758. The van der Waals surface area contributed by atoms with Crippen LogP contribution in [-0.2, 0) is 4.74 Å². The van der Waals surface area contributed by atoms with Crippen molar-refractivity contribution in [3.05, 3.63) is 0 Å². The maximum atomic E-state index is 12.7. The van der Waals surface area contributed by atoms with Crippen LogP contribution < -0.4 is 5.32 Å². The Balaban J connectivity index is 0.00000420. The molecule has 6 nitrogen and oxygen atoms in total. The van der Waals surface area contributed by atoms with E-state index in [-0.39, 0.29) is 29.9 Å². The molecule has 0 saturated carbocycles. The minimum atomic E-state index is -4.14. The zero-order valence-corrected chi connectivity index (χ0v) is 20.4. The van der Waals surface area contributed by atoms with E-state index in [9.17, 15) is 13.2 Å². The molecule has 0 amide bonds. The summed E-state index contributed by atoms with van der Waals surface area (Å²) in [4.78, 5) is 10.5. The van der Waals surface area contributed by atoms with Crippen molar-refractivity contribution < 1.29 is 17.9 Å². The van der Waals surface area contributed by atoms with Crippen LogP contribution in [0.15, 0.2) is 4.99 Å². The molecule has 0 aromatic rings. The van der Waals surface area contributed by atoms with Crippen LogP contribution in [0.2, 0.25) is 0 Å². The van der Waals surface area contributed by atoms with E-state index in [4.69, 9.17) is 4.74 Å². The van der Waals surface area contributed by atoms with E-state index in [1.807, 2.05) is 0 Å². The lowest BCUT2D eigenvalue weighted by atomic mass is 10.1. The van der Waals surface area contributed by atoms with Crippen molar-refractivity contribution >= 4 is 29.9 Å². The van der Waals surface area contributed by atoms with Crippen molar-refractivity contribution in [2.45, 2.75) is 45.5 Å². The molecule has 0 aliphatic carbocycles. The van der Waals surface area contributed by atoms with Crippen LogP contribution in [0.1, 0.15) is 27.2 Å². The lowest BCUT2D eigenvalue weighted by molar-refractivity contribution is -0.146. The third-order valence-electron chi connectivity index (χ3n) is 5.70. The van der Waals surface area contributed by atoms with Gasteiger partial charge in [-0.15, -0.1) is 24.0 Å². The van der Waals surface area contributed by atoms with E-state index in [0.29, 0.717) is 25.2 Å². The van der Waals surface area contributed by atoms with Crippen LogP contribution in [0, 0.1) is 5.92 Å². The van der Waals surface area contributed by atoms with E-state index in [1.165, 1.54) is 4.90 Å². The first kappa shape index (κ1) is 26.7. The standard InChI is InChI=1S/C19H36F3N5O.HI/c1-5-25(14-19(20,21)22)11-17-6-7-26(12-17)18(23-4)24-10-15(2)27-8-9-28-13-16(27)3;/h15-17H,5-14H2,1-4H3,(H,23,24);1H. The number of morpholine rings is 1. The monoisotopic (exact) mass is 535 g/mol. The summed E-state index contributed by atoms with van der Waals surface area (Å²) < 4.78 is 43.6. The van der Waals surface area contributed by atoms with Gasteiger partial charge in [0, 0.05) is 51.9 Å². The first-order valence-corrected chi connectivity index (χ1v) is 10.3. The first-order valence-electron chi connectivity index (χ1n) is 10.3. The van der Waals surface area contributed by atoms with E-state index >= 15 is 0 Å². The number of ether oxygens (including phenoxy) is 1. The van der Waals surface area contributed by atoms with Crippen molar-refractivity contribution in [1.29, 1.82) is 0 Å². The molecule has 10 heteroatoms.